The van der Waals surface area contributed by atoms with E-state index in [1.807, 2.05) is 0 Å². The van der Waals surface area contributed by atoms with Crippen molar-refractivity contribution in [3.8, 4) is 5.82 Å². The molecule has 2 aromatic heterocycles. The highest BCUT2D eigenvalue weighted by Crippen LogP contribution is 2.31. The van der Waals surface area contributed by atoms with E-state index < -0.39 is 17.6 Å². The molecule has 14 heteroatoms. The molecule has 34 heavy (non-hydrogen) atoms. The molecular formula is C20H23F3N9O2+. The molecule has 180 valence electrons. The summed E-state index contributed by atoms with van der Waals surface area (Å²) in [6.07, 6.45) is -1.55. The summed E-state index contributed by atoms with van der Waals surface area (Å²) in [5.74, 6) is -0.0447. The van der Waals surface area contributed by atoms with E-state index in [-0.39, 0.29) is 22.9 Å². The maximum Gasteiger partial charge on any atom is 0.417 e. The number of alkyl halides is 3. The molecular weight excluding hydrogens is 455 g/mol. The van der Waals surface area contributed by atoms with Gasteiger partial charge in [-0.2, -0.15) is 23.0 Å². The van der Waals surface area contributed by atoms with E-state index in [1.165, 1.54) is 27.8 Å². The van der Waals surface area contributed by atoms with Crippen molar-refractivity contribution in [1.82, 2.24) is 30.7 Å². The smallest absolute Gasteiger partial charge is 0.378 e. The Hall–Kier alpha value is -3.81. The van der Waals surface area contributed by atoms with Gasteiger partial charge in [0.25, 0.3) is 5.91 Å². The molecule has 4 N–H and O–H groups in total. The number of nitrogens with zero attached hydrogens (tertiary/aromatic N) is 6. The number of likely N-dealkylation sites (tertiary alicyclic amines) is 1. The van der Waals surface area contributed by atoms with Gasteiger partial charge in [-0.1, -0.05) is 30.3 Å². The normalized spacial score (nSPS) is 18.9. The first-order chi connectivity index (χ1) is 16.2. The van der Waals surface area contributed by atoms with Crippen LogP contribution in [-0.2, 0) is 12.7 Å². The summed E-state index contributed by atoms with van der Waals surface area (Å²) in [5.41, 5.74) is 7.34. The maximum absolute atomic E-state index is 13.2. The predicted molar refractivity (Wildman–Crippen MR) is 113 cm³/mol. The van der Waals surface area contributed by atoms with Crippen molar-refractivity contribution in [2.75, 3.05) is 18.8 Å². The first-order valence-electron chi connectivity index (χ1n) is 10.6. The molecule has 3 heterocycles. The molecule has 4 rings (SSSR count). The quantitative estimate of drug-likeness (QED) is 0.352. The number of benzene rings is 1. The number of nitrogens with two attached hydrogens (primary N) is 1. The summed E-state index contributed by atoms with van der Waals surface area (Å²) in [6, 6.07) is 4.91. The first-order valence-corrected chi connectivity index (χ1v) is 10.6. The van der Waals surface area contributed by atoms with Gasteiger partial charge in [-0.05, 0) is 35.1 Å². The summed E-state index contributed by atoms with van der Waals surface area (Å²) in [4.78, 5) is 14.1. The van der Waals surface area contributed by atoms with Crippen molar-refractivity contribution in [2.45, 2.75) is 32.5 Å². The van der Waals surface area contributed by atoms with Crippen LogP contribution in [0.15, 0.2) is 34.0 Å². The number of hydrazone groups is 1. The molecule has 1 fully saturated rings. The fourth-order valence-electron chi connectivity index (χ4n) is 3.81. The van der Waals surface area contributed by atoms with Crippen molar-refractivity contribution < 1.29 is 27.5 Å². The van der Waals surface area contributed by atoms with Crippen LogP contribution in [0.5, 0.6) is 0 Å². The molecule has 0 spiro atoms. The van der Waals surface area contributed by atoms with Crippen LogP contribution in [0.25, 0.3) is 5.82 Å². The number of piperidine rings is 1. The first kappa shape index (κ1) is 23.4. The molecule has 0 saturated carbocycles. The van der Waals surface area contributed by atoms with Gasteiger partial charge in [0.2, 0.25) is 11.6 Å². The van der Waals surface area contributed by atoms with Gasteiger partial charge in [0.15, 0.2) is 5.69 Å². The van der Waals surface area contributed by atoms with Gasteiger partial charge in [0, 0.05) is 5.56 Å². The minimum absolute atomic E-state index is 0.0258. The maximum atomic E-state index is 13.2. The third-order valence-electron chi connectivity index (χ3n) is 5.71. The number of carbonyl (C=O) groups excluding carboxylic acids is 1. The van der Waals surface area contributed by atoms with E-state index in [9.17, 15) is 18.0 Å². The highest BCUT2D eigenvalue weighted by molar-refractivity contribution is 5.94. The second-order valence-electron chi connectivity index (χ2n) is 8.16. The molecule has 1 aliphatic rings. The zero-order chi connectivity index (χ0) is 24.3. The molecule has 1 amide bonds. The average Bonchev–Trinajstić information content (AvgIpc) is 3.40. The van der Waals surface area contributed by atoms with Gasteiger partial charge in [0.1, 0.15) is 12.2 Å². The number of hydrogen-bond donors (Lipinski definition) is 3. The molecule has 1 saturated heterocycles. The number of quaternary nitrogens is 1. The molecule has 1 aromatic carbocycles. The SMILES string of the molecule is CC1CC[NH+](Cc2c(C(=O)NN=Cc3ccccc3C(F)(F)F)nnn2-c2nonc2N)CC1. The Morgan fingerprint density at radius 2 is 2.06 bits per heavy atom. The zero-order valence-electron chi connectivity index (χ0n) is 18.2. The van der Waals surface area contributed by atoms with Crippen LogP contribution in [0, 0.1) is 5.92 Å². The topological polar surface area (TPSA) is 142 Å². The van der Waals surface area contributed by atoms with Crippen LogP contribution in [0.3, 0.4) is 0 Å². The van der Waals surface area contributed by atoms with E-state index in [2.05, 4.69) is 42.7 Å². The number of anilines is 1. The van der Waals surface area contributed by atoms with Crippen LogP contribution in [-0.4, -0.2) is 50.5 Å². The monoisotopic (exact) mass is 478 g/mol. The third-order valence-corrected chi connectivity index (χ3v) is 5.71. The summed E-state index contributed by atoms with van der Waals surface area (Å²) >= 11 is 0. The molecule has 0 radical (unpaired) electrons. The standard InChI is InChI=1S/C20H22F3N9O2/c1-12-6-8-31(9-7-12)11-15-16(26-30-32(15)18-17(24)28-34-29-18)19(33)27-25-10-13-4-2-3-5-14(13)20(21,22)23/h2-5,10,12H,6-9,11H2,1H3,(H2,24,28)(H,27,33)/p+1. The molecule has 0 aliphatic carbocycles. The fourth-order valence-corrected chi connectivity index (χ4v) is 3.81. The minimum Gasteiger partial charge on any atom is -0.378 e. The average molecular weight is 478 g/mol. The number of nitrogens with one attached hydrogen (secondary N) is 2. The van der Waals surface area contributed by atoms with Crippen LogP contribution >= 0.6 is 0 Å². The van der Waals surface area contributed by atoms with Crippen molar-refractivity contribution in [1.29, 1.82) is 0 Å². The minimum atomic E-state index is -4.55. The number of aromatic nitrogens is 5. The lowest BCUT2D eigenvalue weighted by molar-refractivity contribution is -0.920. The lowest BCUT2D eigenvalue weighted by atomic mass is 9.99. The highest BCUT2D eigenvalue weighted by Gasteiger charge is 2.33. The number of halogens is 3. The molecule has 1 aliphatic heterocycles. The number of amides is 1. The van der Waals surface area contributed by atoms with Gasteiger partial charge in [-0.15, -0.1) is 5.10 Å². The molecule has 0 atom stereocenters. The van der Waals surface area contributed by atoms with Crippen LogP contribution in [0.2, 0.25) is 0 Å². The van der Waals surface area contributed by atoms with Crippen molar-refractivity contribution in [2.24, 2.45) is 11.0 Å². The van der Waals surface area contributed by atoms with Crippen molar-refractivity contribution in [3.05, 3.63) is 46.8 Å². The Balaban J connectivity index is 1.57. The van der Waals surface area contributed by atoms with Gasteiger partial charge in [-0.3, -0.25) is 4.79 Å². The van der Waals surface area contributed by atoms with Gasteiger partial charge in [-0.25, -0.2) is 10.1 Å². The largest absolute Gasteiger partial charge is 0.417 e. The van der Waals surface area contributed by atoms with Gasteiger partial charge < -0.3 is 10.6 Å². The molecule has 0 bridgehead atoms. The Labute approximate surface area is 191 Å². The van der Waals surface area contributed by atoms with Gasteiger partial charge in [0.05, 0.1) is 24.9 Å². The Bertz CT molecular complexity index is 1180. The number of nitrogen functional groups attached to an aromatic ring is 1. The molecule has 0 unspecified atom stereocenters. The second kappa shape index (κ2) is 9.59. The van der Waals surface area contributed by atoms with E-state index in [4.69, 9.17) is 5.73 Å². The Kier molecular flexibility index (Phi) is 6.58. The number of hydrogen-bond acceptors (Lipinski definition) is 8. The van der Waals surface area contributed by atoms with Gasteiger partial charge >= 0.3 is 6.18 Å². The summed E-state index contributed by atoms with van der Waals surface area (Å²) in [7, 11) is 0. The predicted octanol–water partition coefficient (Wildman–Crippen LogP) is 0.830. The lowest BCUT2D eigenvalue weighted by Gasteiger charge is -2.27. The third kappa shape index (κ3) is 5.06. The molecule has 3 aromatic rings. The summed E-state index contributed by atoms with van der Waals surface area (Å²) in [6.45, 7) is 4.38. The Morgan fingerprint density at radius 3 is 2.74 bits per heavy atom. The second-order valence-corrected chi connectivity index (χ2v) is 8.16. The zero-order valence-corrected chi connectivity index (χ0v) is 18.2. The van der Waals surface area contributed by atoms with E-state index in [1.54, 1.807) is 0 Å². The summed E-state index contributed by atoms with van der Waals surface area (Å²) in [5, 5.41) is 18.9. The Morgan fingerprint density at radius 1 is 1.32 bits per heavy atom. The molecule has 11 nitrogen and oxygen atoms in total. The van der Waals surface area contributed by atoms with E-state index in [0.717, 1.165) is 38.2 Å². The number of rotatable bonds is 6. The van der Waals surface area contributed by atoms with Crippen molar-refractivity contribution >= 4 is 17.9 Å². The van der Waals surface area contributed by atoms with Crippen molar-refractivity contribution in [3.63, 3.8) is 0 Å². The van der Waals surface area contributed by atoms with Crippen LogP contribution in [0.1, 0.15) is 47.1 Å². The van der Waals surface area contributed by atoms with Crippen LogP contribution in [0.4, 0.5) is 19.0 Å². The highest BCUT2D eigenvalue weighted by atomic mass is 19.4. The number of carbonyl (C=O) groups is 1. The lowest BCUT2D eigenvalue weighted by Crippen LogP contribution is -3.11. The van der Waals surface area contributed by atoms with Crippen LogP contribution < -0.4 is 16.1 Å². The summed E-state index contributed by atoms with van der Waals surface area (Å²) < 4.78 is 45.4. The van der Waals surface area contributed by atoms with E-state index >= 15 is 0 Å². The fraction of sp³-hybridized carbons (Fsp3) is 0.400. The van der Waals surface area contributed by atoms with E-state index in [0.29, 0.717) is 18.2 Å².